The van der Waals surface area contributed by atoms with Gasteiger partial charge in [0.25, 0.3) is 0 Å². The molecule has 5 heteroatoms. The monoisotopic (exact) mass is 267 g/mol. The van der Waals surface area contributed by atoms with E-state index in [0.29, 0.717) is 0 Å². The maximum absolute atomic E-state index is 4.29. The highest BCUT2D eigenvalue weighted by molar-refractivity contribution is 5.40. The molecule has 0 saturated heterocycles. The highest BCUT2D eigenvalue weighted by atomic mass is 15.3. The number of rotatable bonds is 5. The molecule has 0 aliphatic heterocycles. The maximum atomic E-state index is 4.29. The molecule has 5 nitrogen and oxygen atoms in total. The molecule has 0 amide bonds. The lowest BCUT2D eigenvalue weighted by Crippen LogP contribution is -2.14. The number of nitrogens with zero attached hydrogens (tertiary/aromatic N) is 4. The van der Waals surface area contributed by atoms with E-state index in [1.807, 2.05) is 53.2 Å². The third-order valence-corrected chi connectivity index (χ3v) is 3.15. The number of para-hydroxylation sites is 1. The van der Waals surface area contributed by atoms with Crippen LogP contribution in [0.15, 0.2) is 55.1 Å². The Bertz CT molecular complexity index is 669. The van der Waals surface area contributed by atoms with E-state index < -0.39 is 0 Å². The van der Waals surface area contributed by atoms with Crippen molar-refractivity contribution < 1.29 is 0 Å². The predicted octanol–water partition coefficient (Wildman–Crippen LogP) is 1.90. The van der Waals surface area contributed by atoms with Crippen molar-refractivity contribution in [3.05, 3.63) is 66.2 Å². The molecule has 0 aliphatic carbocycles. The SMILES string of the molecule is Cn1cc(CNCc2ccccc2-n2cccn2)cn1. The summed E-state index contributed by atoms with van der Waals surface area (Å²) in [6.07, 6.45) is 7.65. The number of benzene rings is 1. The number of aromatic nitrogens is 4. The molecular formula is C15H17N5. The molecule has 2 aromatic heterocycles. The lowest BCUT2D eigenvalue weighted by molar-refractivity contribution is 0.685. The van der Waals surface area contributed by atoms with Gasteiger partial charge in [-0.05, 0) is 17.7 Å². The Morgan fingerprint density at radius 1 is 1.10 bits per heavy atom. The predicted molar refractivity (Wildman–Crippen MR) is 77.3 cm³/mol. The molecule has 0 radical (unpaired) electrons. The number of nitrogens with one attached hydrogen (secondary N) is 1. The molecule has 0 atom stereocenters. The molecule has 0 unspecified atom stereocenters. The van der Waals surface area contributed by atoms with E-state index in [2.05, 4.69) is 27.6 Å². The van der Waals surface area contributed by atoms with Crippen LogP contribution in [0.5, 0.6) is 0 Å². The van der Waals surface area contributed by atoms with Crippen LogP contribution in [0.3, 0.4) is 0 Å². The Labute approximate surface area is 117 Å². The Hall–Kier alpha value is -2.40. The van der Waals surface area contributed by atoms with Crippen LogP contribution in [0, 0.1) is 0 Å². The second kappa shape index (κ2) is 5.71. The van der Waals surface area contributed by atoms with E-state index in [9.17, 15) is 0 Å². The minimum atomic E-state index is 0.797. The molecule has 0 bridgehead atoms. The highest BCUT2D eigenvalue weighted by Crippen LogP contribution is 2.13. The molecule has 0 aliphatic rings. The molecule has 2 heterocycles. The van der Waals surface area contributed by atoms with Crippen LogP contribution in [0.25, 0.3) is 5.69 Å². The Morgan fingerprint density at radius 3 is 2.75 bits per heavy atom. The van der Waals surface area contributed by atoms with Gasteiger partial charge in [-0.25, -0.2) is 4.68 Å². The average Bonchev–Trinajstić information content (AvgIpc) is 3.11. The summed E-state index contributed by atoms with van der Waals surface area (Å²) >= 11 is 0. The van der Waals surface area contributed by atoms with Crippen molar-refractivity contribution in [2.75, 3.05) is 0 Å². The van der Waals surface area contributed by atoms with Crippen molar-refractivity contribution in [2.24, 2.45) is 7.05 Å². The number of aryl methyl sites for hydroxylation is 1. The van der Waals surface area contributed by atoms with Crippen molar-refractivity contribution in [3.63, 3.8) is 0 Å². The van der Waals surface area contributed by atoms with Gasteiger partial charge in [-0.15, -0.1) is 0 Å². The van der Waals surface area contributed by atoms with Crippen LogP contribution in [0.1, 0.15) is 11.1 Å². The first-order valence-corrected chi connectivity index (χ1v) is 6.59. The van der Waals surface area contributed by atoms with Crippen LogP contribution in [-0.4, -0.2) is 19.6 Å². The molecule has 102 valence electrons. The van der Waals surface area contributed by atoms with Gasteiger partial charge in [0, 0.05) is 44.3 Å². The number of hydrogen-bond donors (Lipinski definition) is 1. The Kier molecular flexibility index (Phi) is 3.60. The van der Waals surface area contributed by atoms with E-state index in [4.69, 9.17) is 0 Å². The van der Waals surface area contributed by atoms with Gasteiger partial charge in [-0.3, -0.25) is 4.68 Å². The van der Waals surface area contributed by atoms with Crippen molar-refractivity contribution in [3.8, 4) is 5.69 Å². The zero-order chi connectivity index (χ0) is 13.8. The minimum absolute atomic E-state index is 0.797. The number of hydrogen-bond acceptors (Lipinski definition) is 3. The van der Waals surface area contributed by atoms with Gasteiger partial charge in [-0.1, -0.05) is 18.2 Å². The van der Waals surface area contributed by atoms with Crippen molar-refractivity contribution in [1.82, 2.24) is 24.9 Å². The summed E-state index contributed by atoms with van der Waals surface area (Å²) in [5.41, 5.74) is 3.51. The molecule has 3 aromatic rings. The van der Waals surface area contributed by atoms with E-state index >= 15 is 0 Å². The molecule has 20 heavy (non-hydrogen) atoms. The average molecular weight is 267 g/mol. The molecule has 1 aromatic carbocycles. The second-order valence-corrected chi connectivity index (χ2v) is 4.71. The lowest BCUT2D eigenvalue weighted by atomic mass is 10.1. The summed E-state index contributed by atoms with van der Waals surface area (Å²) in [6, 6.07) is 10.2. The molecule has 1 N–H and O–H groups in total. The summed E-state index contributed by atoms with van der Waals surface area (Å²) in [6.45, 7) is 1.60. The molecule has 0 spiro atoms. The fourth-order valence-corrected chi connectivity index (χ4v) is 2.20. The lowest BCUT2D eigenvalue weighted by Gasteiger charge is -2.10. The van der Waals surface area contributed by atoms with E-state index in [1.54, 1.807) is 6.20 Å². The smallest absolute Gasteiger partial charge is 0.0690 e. The van der Waals surface area contributed by atoms with Crippen LogP contribution < -0.4 is 5.32 Å². The van der Waals surface area contributed by atoms with Gasteiger partial charge in [0.1, 0.15) is 0 Å². The third kappa shape index (κ3) is 2.78. The van der Waals surface area contributed by atoms with E-state index in [-0.39, 0.29) is 0 Å². The summed E-state index contributed by atoms with van der Waals surface area (Å²) in [5, 5.41) is 11.9. The molecule has 3 rings (SSSR count). The summed E-state index contributed by atoms with van der Waals surface area (Å²) < 4.78 is 3.70. The second-order valence-electron chi connectivity index (χ2n) is 4.71. The van der Waals surface area contributed by atoms with Gasteiger partial charge in [-0.2, -0.15) is 10.2 Å². The van der Waals surface area contributed by atoms with E-state index in [0.717, 1.165) is 18.8 Å². The largest absolute Gasteiger partial charge is 0.308 e. The van der Waals surface area contributed by atoms with Crippen LogP contribution in [-0.2, 0) is 20.1 Å². The third-order valence-electron chi connectivity index (χ3n) is 3.15. The quantitative estimate of drug-likeness (QED) is 0.768. The maximum Gasteiger partial charge on any atom is 0.0690 e. The fourth-order valence-electron chi connectivity index (χ4n) is 2.20. The zero-order valence-corrected chi connectivity index (χ0v) is 11.4. The first-order chi connectivity index (χ1) is 9.83. The standard InChI is InChI=1S/C15H17N5/c1-19-12-13(10-18-19)9-16-11-14-5-2-3-6-15(14)20-8-4-7-17-20/h2-8,10,12,16H,9,11H2,1H3. The highest BCUT2D eigenvalue weighted by Gasteiger charge is 2.04. The first-order valence-electron chi connectivity index (χ1n) is 6.59. The van der Waals surface area contributed by atoms with E-state index in [1.165, 1.54) is 11.1 Å². The van der Waals surface area contributed by atoms with Gasteiger partial charge < -0.3 is 5.32 Å². The molecule has 0 saturated carbocycles. The first kappa shape index (κ1) is 12.6. The Balaban J connectivity index is 1.68. The minimum Gasteiger partial charge on any atom is -0.308 e. The topological polar surface area (TPSA) is 47.7 Å². The molecular weight excluding hydrogens is 250 g/mol. The van der Waals surface area contributed by atoms with Crippen molar-refractivity contribution in [2.45, 2.75) is 13.1 Å². The Morgan fingerprint density at radius 2 is 2.00 bits per heavy atom. The van der Waals surface area contributed by atoms with Gasteiger partial charge in [0.05, 0.1) is 11.9 Å². The normalized spacial score (nSPS) is 10.8. The van der Waals surface area contributed by atoms with Crippen molar-refractivity contribution in [1.29, 1.82) is 0 Å². The van der Waals surface area contributed by atoms with Gasteiger partial charge in [0.15, 0.2) is 0 Å². The summed E-state index contributed by atoms with van der Waals surface area (Å²) in [4.78, 5) is 0. The van der Waals surface area contributed by atoms with Crippen LogP contribution in [0.2, 0.25) is 0 Å². The van der Waals surface area contributed by atoms with Gasteiger partial charge >= 0.3 is 0 Å². The van der Waals surface area contributed by atoms with Crippen LogP contribution >= 0.6 is 0 Å². The summed E-state index contributed by atoms with van der Waals surface area (Å²) in [5.74, 6) is 0. The van der Waals surface area contributed by atoms with Crippen molar-refractivity contribution >= 4 is 0 Å². The summed E-state index contributed by atoms with van der Waals surface area (Å²) in [7, 11) is 1.93. The van der Waals surface area contributed by atoms with Crippen LogP contribution in [0.4, 0.5) is 0 Å². The zero-order valence-electron chi connectivity index (χ0n) is 11.4. The van der Waals surface area contributed by atoms with Gasteiger partial charge in [0.2, 0.25) is 0 Å². The fraction of sp³-hybridized carbons (Fsp3) is 0.200. The molecule has 0 fully saturated rings.